The van der Waals surface area contributed by atoms with E-state index in [0.717, 1.165) is 0 Å². The molecule has 0 saturated heterocycles. The summed E-state index contributed by atoms with van der Waals surface area (Å²) >= 11 is 5.90. The zero-order chi connectivity index (χ0) is 14.8. The summed E-state index contributed by atoms with van der Waals surface area (Å²) in [5.41, 5.74) is 0.157. The van der Waals surface area contributed by atoms with E-state index < -0.39 is 22.0 Å². The van der Waals surface area contributed by atoms with Crippen LogP contribution in [0, 0.1) is 0 Å². The highest BCUT2D eigenvalue weighted by Crippen LogP contribution is 2.24. The van der Waals surface area contributed by atoms with Crippen LogP contribution in [0.25, 0.3) is 0 Å². The number of carboxylic acid groups (broad SMARTS) is 1. The fourth-order valence-electron chi connectivity index (χ4n) is 1.57. The first-order valence-corrected chi connectivity index (χ1v) is 7.27. The summed E-state index contributed by atoms with van der Waals surface area (Å²) in [4.78, 5) is 11.3. The van der Waals surface area contributed by atoms with Crippen molar-refractivity contribution in [3.63, 3.8) is 0 Å². The van der Waals surface area contributed by atoms with Gasteiger partial charge in [0.05, 0.1) is 6.20 Å². The van der Waals surface area contributed by atoms with Crippen LogP contribution in [0.4, 0.5) is 0 Å². The second-order valence-corrected chi connectivity index (χ2v) is 5.92. The highest BCUT2D eigenvalue weighted by atomic mass is 35.5. The standard InChI is InChI=1S/C11H10ClN3O4S/c12-8-4-2-1-3-7(8)10(11(16)17)15-20(18,19)9-5-6-13-14-9/h1-6,10,15H,(H,13,14)(H,16,17)/t10-/m1/s1. The summed E-state index contributed by atoms with van der Waals surface area (Å²) in [5, 5.41) is 14.9. The molecule has 106 valence electrons. The molecule has 0 saturated carbocycles. The van der Waals surface area contributed by atoms with Gasteiger partial charge >= 0.3 is 5.97 Å². The predicted octanol–water partition coefficient (Wildman–Crippen LogP) is 1.17. The lowest BCUT2D eigenvalue weighted by atomic mass is 10.1. The minimum absolute atomic E-state index is 0.157. The number of aliphatic carboxylic acids is 1. The minimum Gasteiger partial charge on any atom is -0.480 e. The van der Waals surface area contributed by atoms with Crippen LogP contribution >= 0.6 is 11.6 Å². The predicted molar refractivity (Wildman–Crippen MR) is 70.7 cm³/mol. The number of nitrogens with one attached hydrogen (secondary N) is 2. The fraction of sp³-hybridized carbons (Fsp3) is 0.0909. The van der Waals surface area contributed by atoms with Gasteiger partial charge < -0.3 is 5.11 Å². The van der Waals surface area contributed by atoms with Crippen LogP contribution in [-0.4, -0.2) is 29.7 Å². The molecule has 9 heteroatoms. The first-order chi connectivity index (χ1) is 9.42. The molecule has 1 atom stereocenters. The monoisotopic (exact) mass is 315 g/mol. The fourth-order valence-corrected chi connectivity index (χ4v) is 2.89. The summed E-state index contributed by atoms with van der Waals surface area (Å²) in [7, 11) is -4.03. The number of H-pyrrole nitrogens is 1. The van der Waals surface area contributed by atoms with Crippen molar-refractivity contribution in [3.8, 4) is 0 Å². The van der Waals surface area contributed by atoms with Gasteiger partial charge in [0.2, 0.25) is 0 Å². The van der Waals surface area contributed by atoms with E-state index in [-0.39, 0.29) is 15.6 Å². The van der Waals surface area contributed by atoms with Crippen molar-refractivity contribution in [1.82, 2.24) is 14.9 Å². The summed E-state index contributed by atoms with van der Waals surface area (Å²) in [6.07, 6.45) is 1.25. The maximum absolute atomic E-state index is 12.0. The number of hydrogen-bond acceptors (Lipinski definition) is 4. The molecule has 0 aliphatic rings. The zero-order valence-electron chi connectivity index (χ0n) is 9.95. The van der Waals surface area contributed by atoms with Gasteiger partial charge in [-0.2, -0.15) is 9.82 Å². The lowest BCUT2D eigenvalue weighted by Gasteiger charge is -2.15. The molecule has 0 amide bonds. The van der Waals surface area contributed by atoms with Crippen molar-refractivity contribution < 1.29 is 18.3 Å². The average molecular weight is 316 g/mol. The molecule has 0 aliphatic carbocycles. The second-order valence-electron chi connectivity index (χ2n) is 3.83. The molecule has 2 rings (SSSR count). The summed E-state index contributed by atoms with van der Waals surface area (Å²) in [5.74, 6) is -1.36. The average Bonchev–Trinajstić information content (AvgIpc) is 2.91. The van der Waals surface area contributed by atoms with E-state index in [9.17, 15) is 18.3 Å². The van der Waals surface area contributed by atoms with Crippen molar-refractivity contribution in [2.24, 2.45) is 0 Å². The van der Waals surface area contributed by atoms with Gasteiger partial charge in [0, 0.05) is 5.02 Å². The number of rotatable bonds is 5. The lowest BCUT2D eigenvalue weighted by Crippen LogP contribution is -2.34. The van der Waals surface area contributed by atoms with E-state index in [1.807, 2.05) is 0 Å². The van der Waals surface area contributed by atoms with Crippen LogP contribution in [0.15, 0.2) is 41.6 Å². The van der Waals surface area contributed by atoms with Crippen molar-refractivity contribution in [3.05, 3.63) is 47.1 Å². The van der Waals surface area contributed by atoms with E-state index >= 15 is 0 Å². The maximum Gasteiger partial charge on any atom is 0.326 e. The van der Waals surface area contributed by atoms with Crippen molar-refractivity contribution in [2.45, 2.75) is 11.1 Å². The number of benzene rings is 1. The zero-order valence-corrected chi connectivity index (χ0v) is 11.5. The van der Waals surface area contributed by atoms with Gasteiger partial charge in [0.15, 0.2) is 5.03 Å². The Morgan fingerprint density at radius 1 is 1.35 bits per heavy atom. The SMILES string of the molecule is O=C(O)[C@H](NS(=O)(=O)c1ccn[nH]1)c1ccccc1Cl. The Morgan fingerprint density at radius 2 is 2.05 bits per heavy atom. The topological polar surface area (TPSA) is 112 Å². The van der Waals surface area contributed by atoms with Crippen molar-refractivity contribution in [2.75, 3.05) is 0 Å². The summed E-state index contributed by atoms with van der Waals surface area (Å²) < 4.78 is 26.1. The quantitative estimate of drug-likeness (QED) is 0.766. The number of nitrogens with zero attached hydrogens (tertiary/aromatic N) is 1. The van der Waals surface area contributed by atoms with Crippen LogP contribution in [0.5, 0.6) is 0 Å². The minimum atomic E-state index is -4.03. The normalized spacial score (nSPS) is 13.1. The molecule has 0 fully saturated rings. The van der Waals surface area contributed by atoms with Crippen LogP contribution in [0.2, 0.25) is 5.02 Å². The Balaban J connectivity index is 2.37. The highest BCUT2D eigenvalue weighted by molar-refractivity contribution is 7.89. The molecule has 3 N–H and O–H groups in total. The third-order valence-electron chi connectivity index (χ3n) is 2.50. The van der Waals surface area contributed by atoms with Crippen LogP contribution < -0.4 is 4.72 Å². The van der Waals surface area contributed by atoms with Gasteiger partial charge in [-0.3, -0.25) is 9.89 Å². The van der Waals surface area contributed by atoms with Crippen LogP contribution in [-0.2, 0) is 14.8 Å². The Hall–Kier alpha value is -1.90. The van der Waals surface area contributed by atoms with Crippen LogP contribution in [0.1, 0.15) is 11.6 Å². The number of halogens is 1. The van der Waals surface area contributed by atoms with Crippen molar-refractivity contribution in [1.29, 1.82) is 0 Å². The first-order valence-electron chi connectivity index (χ1n) is 5.41. The number of carboxylic acids is 1. The van der Waals surface area contributed by atoms with Gasteiger partial charge in [0.25, 0.3) is 10.0 Å². The second kappa shape index (κ2) is 5.61. The molecule has 2 aromatic rings. The van der Waals surface area contributed by atoms with Gasteiger partial charge in [-0.25, -0.2) is 8.42 Å². The number of carbonyl (C=O) groups is 1. The van der Waals surface area contributed by atoms with E-state index in [1.165, 1.54) is 24.4 Å². The van der Waals surface area contributed by atoms with E-state index in [1.54, 1.807) is 12.1 Å². The lowest BCUT2D eigenvalue weighted by molar-refractivity contribution is -0.139. The Kier molecular flexibility index (Phi) is 4.07. The third-order valence-corrected chi connectivity index (χ3v) is 4.20. The van der Waals surface area contributed by atoms with E-state index in [0.29, 0.717) is 0 Å². The number of hydrogen-bond donors (Lipinski definition) is 3. The number of aromatic amines is 1. The molecule has 0 radical (unpaired) electrons. The molecule has 1 aromatic carbocycles. The molecule has 0 bridgehead atoms. The number of sulfonamides is 1. The maximum atomic E-state index is 12.0. The van der Waals surface area contributed by atoms with Gasteiger partial charge in [0.1, 0.15) is 6.04 Å². The Bertz CT molecular complexity index is 715. The summed E-state index contributed by atoms with van der Waals surface area (Å²) in [6, 6.07) is 5.84. The molecule has 20 heavy (non-hydrogen) atoms. The third kappa shape index (κ3) is 2.98. The smallest absolute Gasteiger partial charge is 0.326 e. The largest absolute Gasteiger partial charge is 0.480 e. The Labute approximate surface area is 119 Å². The van der Waals surface area contributed by atoms with Gasteiger partial charge in [-0.15, -0.1) is 0 Å². The molecule has 0 unspecified atom stereocenters. The highest BCUT2D eigenvalue weighted by Gasteiger charge is 2.29. The molecular formula is C11H10ClN3O4S. The molecule has 0 aliphatic heterocycles. The van der Waals surface area contributed by atoms with Gasteiger partial charge in [-0.05, 0) is 17.7 Å². The molecule has 7 nitrogen and oxygen atoms in total. The molecule has 1 heterocycles. The molecule has 1 aromatic heterocycles. The van der Waals surface area contributed by atoms with E-state index in [4.69, 9.17) is 11.6 Å². The first kappa shape index (κ1) is 14.5. The summed E-state index contributed by atoms with van der Waals surface area (Å²) in [6.45, 7) is 0. The van der Waals surface area contributed by atoms with Crippen molar-refractivity contribution >= 4 is 27.6 Å². The number of aromatic nitrogens is 2. The van der Waals surface area contributed by atoms with Gasteiger partial charge in [-0.1, -0.05) is 29.8 Å². The Morgan fingerprint density at radius 3 is 2.60 bits per heavy atom. The van der Waals surface area contributed by atoms with E-state index in [2.05, 4.69) is 14.9 Å². The van der Waals surface area contributed by atoms with Crippen LogP contribution in [0.3, 0.4) is 0 Å². The molecular weight excluding hydrogens is 306 g/mol. The molecule has 0 spiro atoms.